The smallest absolute Gasteiger partial charge is 0.410 e. The van der Waals surface area contributed by atoms with Gasteiger partial charge >= 0.3 is 6.09 Å². The van der Waals surface area contributed by atoms with E-state index < -0.39 is 24.0 Å². The summed E-state index contributed by atoms with van der Waals surface area (Å²) < 4.78 is 11.2. The minimum absolute atomic E-state index is 0.213. The normalized spacial score (nSPS) is 24.6. The Kier molecular flexibility index (Phi) is 3.98. The average Bonchev–Trinajstić information content (AvgIpc) is 3.05. The van der Waals surface area contributed by atoms with E-state index in [4.69, 9.17) is 15.2 Å². The van der Waals surface area contributed by atoms with Crippen LogP contribution in [0.3, 0.4) is 0 Å². The van der Waals surface area contributed by atoms with Crippen LogP contribution in [0.25, 0.3) is 0 Å². The van der Waals surface area contributed by atoms with Gasteiger partial charge in [-0.15, -0.1) is 6.58 Å². The molecule has 0 aliphatic carbocycles. The lowest BCUT2D eigenvalue weighted by molar-refractivity contribution is -0.123. The lowest BCUT2D eigenvalue weighted by atomic mass is 9.97. The van der Waals surface area contributed by atoms with E-state index >= 15 is 0 Å². The number of hydrogen-bond donors (Lipinski definition) is 1. The molecule has 2 aliphatic heterocycles. The zero-order valence-electron chi connectivity index (χ0n) is 13.0. The molecule has 1 fully saturated rings. The van der Waals surface area contributed by atoms with Gasteiger partial charge in [0.1, 0.15) is 17.9 Å². The number of nitrogens with two attached hydrogens (primary N) is 1. The largest absolute Gasteiger partial charge is 0.486 e. The summed E-state index contributed by atoms with van der Waals surface area (Å²) in [5.74, 6) is -0.275. The molecule has 2 N–H and O–H groups in total. The Morgan fingerprint density at radius 1 is 1.52 bits per heavy atom. The SMILES string of the molecule is C=CCCOC(=O)N1C[C@@H](C(N)=O)[C@@H]2Oc3c(C)cccc3[C@@H]21. The Bertz CT molecular complexity index is 658. The predicted molar refractivity (Wildman–Crippen MR) is 83.9 cm³/mol. The maximum atomic E-state index is 12.4. The van der Waals surface area contributed by atoms with Gasteiger partial charge in [-0.3, -0.25) is 9.69 Å². The number of carbonyl (C=O) groups is 2. The van der Waals surface area contributed by atoms with Crippen molar-refractivity contribution in [3.63, 3.8) is 0 Å². The van der Waals surface area contributed by atoms with Crippen molar-refractivity contribution < 1.29 is 19.1 Å². The summed E-state index contributed by atoms with van der Waals surface area (Å²) in [6.07, 6.45) is 1.36. The number of aryl methyl sites for hydroxylation is 1. The third-order valence-corrected chi connectivity index (χ3v) is 4.40. The van der Waals surface area contributed by atoms with E-state index in [2.05, 4.69) is 6.58 Å². The van der Waals surface area contributed by atoms with Crippen LogP contribution in [-0.2, 0) is 9.53 Å². The van der Waals surface area contributed by atoms with Gasteiger partial charge in [-0.1, -0.05) is 24.3 Å². The zero-order chi connectivity index (χ0) is 16.6. The number of ether oxygens (including phenoxy) is 2. The molecule has 6 nitrogen and oxygen atoms in total. The van der Waals surface area contributed by atoms with Crippen LogP contribution < -0.4 is 10.5 Å². The first-order valence-corrected chi connectivity index (χ1v) is 7.64. The molecule has 2 aliphatic rings. The average molecular weight is 316 g/mol. The lowest BCUT2D eigenvalue weighted by Gasteiger charge is -2.22. The first-order chi connectivity index (χ1) is 11.0. The Hall–Kier alpha value is -2.50. The molecular weight excluding hydrogens is 296 g/mol. The molecule has 23 heavy (non-hydrogen) atoms. The molecule has 2 amide bonds. The third kappa shape index (κ3) is 2.54. The summed E-state index contributed by atoms with van der Waals surface area (Å²) >= 11 is 0. The van der Waals surface area contributed by atoms with Gasteiger partial charge in [0.25, 0.3) is 0 Å². The highest BCUT2D eigenvalue weighted by molar-refractivity contribution is 5.81. The van der Waals surface area contributed by atoms with Crippen LogP contribution in [0.15, 0.2) is 30.9 Å². The summed E-state index contributed by atoms with van der Waals surface area (Å²) in [7, 11) is 0. The maximum absolute atomic E-state index is 12.4. The number of likely N-dealkylation sites (tertiary alicyclic amines) is 1. The van der Waals surface area contributed by atoms with Gasteiger partial charge in [0.15, 0.2) is 0 Å². The molecule has 1 saturated heterocycles. The van der Waals surface area contributed by atoms with Gasteiger partial charge in [0, 0.05) is 12.1 Å². The quantitative estimate of drug-likeness (QED) is 0.680. The first kappa shape index (κ1) is 15.4. The molecule has 0 spiro atoms. The number of fused-ring (bicyclic) bond motifs is 3. The minimum Gasteiger partial charge on any atom is -0.486 e. The molecule has 6 heteroatoms. The van der Waals surface area contributed by atoms with Crippen LogP contribution in [0, 0.1) is 12.8 Å². The Labute approximate surface area is 134 Å². The number of primary amides is 1. The van der Waals surface area contributed by atoms with E-state index in [0.29, 0.717) is 6.42 Å². The molecule has 0 radical (unpaired) electrons. The van der Waals surface area contributed by atoms with E-state index in [0.717, 1.165) is 16.9 Å². The first-order valence-electron chi connectivity index (χ1n) is 7.64. The van der Waals surface area contributed by atoms with Crippen LogP contribution in [0.2, 0.25) is 0 Å². The highest BCUT2D eigenvalue weighted by atomic mass is 16.6. The van der Waals surface area contributed by atoms with Crippen LogP contribution in [0.1, 0.15) is 23.6 Å². The second-order valence-corrected chi connectivity index (χ2v) is 5.87. The van der Waals surface area contributed by atoms with Crippen molar-refractivity contribution in [3.8, 4) is 5.75 Å². The van der Waals surface area contributed by atoms with Crippen molar-refractivity contribution in [3.05, 3.63) is 42.0 Å². The summed E-state index contributed by atoms with van der Waals surface area (Å²) in [4.78, 5) is 25.7. The monoisotopic (exact) mass is 316 g/mol. The molecule has 3 rings (SSSR count). The number of nitrogens with zero attached hydrogens (tertiary/aromatic N) is 1. The zero-order valence-corrected chi connectivity index (χ0v) is 13.0. The standard InChI is InChI=1S/C17H20N2O4/c1-3-4-8-22-17(21)19-9-12(16(18)20)15-13(19)11-7-5-6-10(2)14(11)23-15/h3,5-7,12-13,15H,1,4,8-9H2,2H3,(H2,18,20)/t12-,13+,15+/m1/s1. The van der Waals surface area contributed by atoms with Gasteiger partial charge in [-0.25, -0.2) is 4.79 Å². The van der Waals surface area contributed by atoms with Crippen molar-refractivity contribution in [2.75, 3.05) is 13.2 Å². The summed E-state index contributed by atoms with van der Waals surface area (Å²) in [6.45, 7) is 6.01. The van der Waals surface area contributed by atoms with Gasteiger partial charge in [-0.05, 0) is 18.9 Å². The molecule has 1 aromatic carbocycles. The minimum atomic E-state index is -0.543. The fourth-order valence-corrected chi connectivity index (χ4v) is 3.28. The van der Waals surface area contributed by atoms with Crippen LogP contribution >= 0.6 is 0 Å². The molecular formula is C17H20N2O4. The molecule has 0 aromatic heterocycles. The van der Waals surface area contributed by atoms with Gasteiger partial charge in [0.2, 0.25) is 5.91 Å². The van der Waals surface area contributed by atoms with E-state index in [1.165, 1.54) is 0 Å². The highest BCUT2D eigenvalue weighted by Crippen LogP contribution is 2.48. The van der Waals surface area contributed by atoms with E-state index in [9.17, 15) is 9.59 Å². The summed E-state index contributed by atoms with van der Waals surface area (Å²) in [5.41, 5.74) is 7.37. The van der Waals surface area contributed by atoms with Crippen molar-refractivity contribution in [2.45, 2.75) is 25.5 Å². The van der Waals surface area contributed by atoms with Crippen molar-refractivity contribution >= 4 is 12.0 Å². The van der Waals surface area contributed by atoms with Gasteiger partial charge in [0.05, 0.1) is 12.5 Å². The van der Waals surface area contributed by atoms with E-state index in [-0.39, 0.29) is 19.2 Å². The molecule has 0 bridgehead atoms. The Morgan fingerprint density at radius 2 is 2.30 bits per heavy atom. The van der Waals surface area contributed by atoms with Gasteiger partial charge < -0.3 is 15.2 Å². The fourth-order valence-electron chi connectivity index (χ4n) is 3.28. The molecule has 0 saturated carbocycles. The van der Waals surface area contributed by atoms with Crippen molar-refractivity contribution in [1.29, 1.82) is 0 Å². The van der Waals surface area contributed by atoms with E-state index in [1.54, 1.807) is 11.0 Å². The van der Waals surface area contributed by atoms with Crippen LogP contribution in [-0.4, -0.2) is 36.2 Å². The lowest BCUT2D eigenvalue weighted by Crippen LogP contribution is -2.35. The third-order valence-electron chi connectivity index (χ3n) is 4.40. The predicted octanol–water partition coefficient (Wildman–Crippen LogP) is 1.93. The number of carbonyl (C=O) groups excluding carboxylic acids is 2. The Morgan fingerprint density at radius 3 is 3.00 bits per heavy atom. The Balaban J connectivity index is 1.90. The molecule has 2 heterocycles. The molecule has 3 atom stereocenters. The summed E-state index contributed by atoms with van der Waals surface area (Å²) in [5, 5.41) is 0. The van der Waals surface area contributed by atoms with Crippen LogP contribution in [0.5, 0.6) is 5.75 Å². The number of benzene rings is 1. The highest BCUT2D eigenvalue weighted by Gasteiger charge is 2.53. The van der Waals surface area contributed by atoms with Crippen LogP contribution in [0.4, 0.5) is 4.79 Å². The topological polar surface area (TPSA) is 81.9 Å². The number of para-hydroxylation sites is 1. The van der Waals surface area contributed by atoms with E-state index in [1.807, 2.05) is 25.1 Å². The number of amides is 2. The number of hydrogen-bond acceptors (Lipinski definition) is 4. The molecule has 122 valence electrons. The van der Waals surface area contributed by atoms with Crippen molar-refractivity contribution in [2.24, 2.45) is 11.7 Å². The van der Waals surface area contributed by atoms with Crippen molar-refractivity contribution in [1.82, 2.24) is 4.90 Å². The molecule has 0 unspecified atom stereocenters. The van der Waals surface area contributed by atoms with Gasteiger partial charge in [-0.2, -0.15) is 0 Å². The molecule has 1 aromatic rings. The second-order valence-electron chi connectivity index (χ2n) is 5.87. The second kappa shape index (κ2) is 5.95. The fraction of sp³-hybridized carbons (Fsp3) is 0.412. The summed E-state index contributed by atoms with van der Waals surface area (Å²) in [6, 6.07) is 5.43. The maximum Gasteiger partial charge on any atom is 0.410 e. The number of rotatable bonds is 4.